The van der Waals surface area contributed by atoms with Gasteiger partial charge in [-0.2, -0.15) is 0 Å². The minimum atomic E-state index is 0.494. The van der Waals surface area contributed by atoms with Gasteiger partial charge in [-0.3, -0.25) is 0 Å². The highest BCUT2D eigenvalue weighted by molar-refractivity contribution is 5.83. The second-order valence-corrected chi connectivity index (χ2v) is 7.44. The maximum absolute atomic E-state index is 5.06. The summed E-state index contributed by atoms with van der Waals surface area (Å²) in [5, 5.41) is 3.63. The molecule has 1 aromatic rings. The number of nitrogens with one attached hydrogen (secondary N) is 1. The van der Waals surface area contributed by atoms with Crippen LogP contribution in [0.4, 0.5) is 0 Å². The van der Waals surface area contributed by atoms with Crippen molar-refractivity contribution in [2.75, 3.05) is 0 Å². The summed E-state index contributed by atoms with van der Waals surface area (Å²) < 4.78 is 0. The molecule has 0 aliphatic carbocycles. The highest BCUT2D eigenvalue weighted by atomic mass is 15.4. The summed E-state index contributed by atoms with van der Waals surface area (Å²) in [5.41, 5.74) is 2.82. The second kappa shape index (κ2) is 5.60. The van der Waals surface area contributed by atoms with Gasteiger partial charge in [0.2, 0.25) is 0 Å². The van der Waals surface area contributed by atoms with E-state index in [0.29, 0.717) is 12.1 Å². The largest absolute Gasteiger partial charge is 0.354 e. The van der Waals surface area contributed by atoms with E-state index in [-0.39, 0.29) is 0 Å². The standard InChI is InChI=1S/C19H27N3/c1-13-4-3-5-15(10-13)6-7-16-12-18-9-8-17-11-14(2)20-19(21-16)22(17)18/h3-5,10,14,16-18H,6-9,11-12H2,1-2H3,(H,20,21)/t14-,16+,17+,18-/m0/s1. The molecule has 4 rings (SSSR count). The van der Waals surface area contributed by atoms with Crippen molar-refractivity contribution in [1.29, 1.82) is 0 Å². The molecule has 1 aromatic carbocycles. The predicted molar refractivity (Wildman–Crippen MR) is 91.2 cm³/mol. The first kappa shape index (κ1) is 14.1. The first-order valence-electron chi connectivity index (χ1n) is 8.87. The number of hydrogen-bond donors (Lipinski definition) is 1. The summed E-state index contributed by atoms with van der Waals surface area (Å²) in [4.78, 5) is 7.66. The van der Waals surface area contributed by atoms with Crippen LogP contribution in [0, 0.1) is 6.92 Å². The number of guanidine groups is 1. The van der Waals surface area contributed by atoms with Crippen molar-refractivity contribution in [2.45, 2.75) is 76.5 Å². The van der Waals surface area contributed by atoms with Crippen LogP contribution in [0.3, 0.4) is 0 Å². The van der Waals surface area contributed by atoms with Gasteiger partial charge >= 0.3 is 0 Å². The lowest BCUT2D eigenvalue weighted by molar-refractivity contribution is 0.210. The Labute approximate surface area is 133 Å². The van der Waals surface area contributed by atoms with Crippen LogP contribution in [0.5, 0.6) is 0 Å². The van der Waals surface area contributed by atoms with Crippen molar-refractivity contribution in [3.05, 3.63) is 35.4 Å². The van der Waals surface area contributed by atoms with Gasteiger partial charge in [-0.25, -0.2) is 4.99 Å². The van der Waals surface area contributed by atoms with Crippen molar-refractivity contribution < 1.29 is 0 Å². The molecule has 4 atom stereocenters. The monoisotopic (exact) mass is 297 g/mol. The van der Waals surface area contributed by atoms with E-state index in [1.807, 2.05) is 0 Å². The predicted octanol–water partition coefficient (Wildman–Crippen LogP) is 3.27. The molecule has 2 saturated heterocycles. The molecule has 0 unspecified atom stereocenters. The summed E-state index contributed by atoms with van der Waals surface area (Å²) in [7, 11) is 0. The fourth-order valence-corrected chi connectivity index (χ4v) is 4.56. The van der Waals surface area contributed by atoms with Gasteiger partial charge in [0.1, 0.15) is 0 Å². The zero-order valence-electron chi connectivity index (χ0n) is 13.8. The summed E-state index contributed by atoms with van der Waals surface area (Å²) in [6.45, 7) is 4.47. The van der Waals surface area contributed by atoms with Gasteiger partial charge in [0, 0.05) is 18.1 Å². The molecule has 3 aliphatic heterocycles. The van der Waals surface area contributed by atoms with Gasteiger partial charge in [0.15, 0.2) is 5.96 Å². The third-order valence-electron chi connectivity index (χ3n) is 5.56. The zero-order valence-corrected chi connectivity index (χ0v) is 13.8. The molecular formula is C19H27N3. The van der Waals surface area contributed by atoms with E-state index in [9.17, 15) is 0 Å². The Hall–Kier alpha value is -1.51. The molecule has 118 valence electrons. The Bertz CT molecular complexity index is 580. The Balaban J connectivity index is 1.46. The van der Waals surface area contributed by atoms with Crippen LogP contribution in [0.15, 0.2) is 29.3 Å². The molecule has 0 spiro atoms. The van der Waals surface area contributed by atoms with Gasteiger partial charge in [0.05, 0.1) is 6.04 Å². The molecule has 3 aliphatic rings. The van der Waals surface area contributed by atoms with E-state index in [1.165, 1.54) is 49.2 Å². The van der Waals surface area contributed by atoms with Crippen LogP contribution in [0.1, 0.15) is 50.2 Å². The molecule has 0 saturated carbocycles. The first-order valence-corrected chi connectivity index (χ1v) is 8.87. The number of benzene rings is 1. The van der Waals surface area contributed by atoms with E-state index >= 15 is 0 Å². The van der Waals surface area contributed by atoms with Crippen LogP contribution in [-0.2, 0) is 6.42 Å². The van der Waals surface area contributed by atoms with Crippen LogP contribution in [0.25, 0.3) is 0 Å². The van der Waals surface area contributed by atoms with Crippen LogP contribution in [-0.4, -0.2) is 35.0 Å². The Morgan fingerprint density at radius 1 is 1.23 bits per heavy atom. The zero-order chi connectivity index (χ0) is 15.1. The quantitative estimate of drug-likeness (QED) is 0.927. The smallest absolute Gasteiger partial charge is 0.194 e. The van der Waals surface area contributed by atoms with Crippen molar-refractivity contribution >= 4 is 5.96 Å². The minimum absolute atomic E-state index is 0.494. The molecule has 3 heteroatoms. The maximum atomic E-state index is 5.06. The third-order valence-corrected chi connectivity index (χ3v) is 5.56. The highest BCUT2D eigenvalue weighted by Gasteiger charge is 2.43. The van der Waals surface area contributed by atoms with E-state index in [4.69, 9.17) is 4.99 Å². The van der Waals surface area contributed by atoms with E-state index in [0.717, 1.165) is 18.5 Å². The average molecular weight is 297 g/mol. The minimum Gasteiger partial charge on any atom is -0.354 e. The summed E-state index contributed by atoms with van der Waals surface area (Å²) >= 11 is 0. The number of rotatable bonds is 3. The fraction of sp³-hybridized carbons (Fsp3) is 0.632. The van der Waals surface area contributed by atoms with Gasteiger partial charge in [-0.15, -0.1) is 0 Å². The Kier molecular flexibility index (Phi) is 3.59. The summed E-state index contributed by atoms with van der Waals surface area (Å²) in [5.74, 6) is 1.20. The van der Waals surface area contributed by atoms with Crippen LogP contribution < -0.4 is 5.32 Å². The molecule has 22 heavy (non-hydrogen) atoms. The lowest BCUT2D eigenvalue weighted by Gasteiger charge is -2.44. The maximum Gasteiger partial charge on any atom is 0.194 e. The highest BCUT2D eigenvalue weighted by Crippen LogP contribution is 2.36. The molecule has 0 bridgehead atoms. The summed E-state index contributed by atoms with van der Waals surface area (Å²) in [6.07, 6.45) is 7.58. The van der Waals surface area contributed by atoms with Gasteiger partial charge < -0.3 is 10.2 Å². The summed E-state index contributed by atoms with van der Waals surface area (Å²) in [6, 6.07) is 11.5. The van der Waals surface area contributed by atoms with Gasteiger partial charge in [-0.05, 0) is 57.9 Å². The number of aryl methyl sites for hydroxylation is 2. The lowest BCUT2D eigenvalue weighted by Crippen LogP contribution is -2.59. The topological polar surface area (TPSA) is 27.6 Å². The number of aliphatic imine (C=N–C) groups is 1. The molecule has 0 radical (unpaired) electrons. The third kappa shape index (κ3) is 2.62. The molecule has 0 aromatic heterocycles. The molecule has 0 amide bonds. The first-order chi connectivity index (χ1) is 10.7. The Morgan fingerprint density at radius 3 is 2.86 bits per heavy atom. The average Bonchev–Trinajstić information content (AvgIpc) is 2.89. The normalized spacial score (nSPS) is 33.2. The number of nitrogens with zero attached hydrogens (tertiary/aromatic N) is 2. The van der Waals surface area contributed by atoms with E-state index in [2.05, 4.69) is 48.3 Å². The van der Waals surface area contributed by atoms with Gasteiger partial charge in [-0.1, -0.05) is 29.8 Å². The van der Waals surface area contributed by atoms with Crippen molar-refractivity contribution in [3.63, 3.8) is 0 Å². The molecule has 1 N–H and O–H groups in total. The SMILES string of the molecule is Cc1cccc(CC[C@@H]2C[C@@H]3CC[C@@H]4C[C@H](C)NC(=N2)N43)c1. The van der Waals surface area contributed by atoms with E-state index in [1.54, 1.807) is 0 Å². The van der Waals surface area contributed by atoms with E-state index < -0.39 is 0 Å². The molecule has 3 nitrogen and oxygen atoms in total. The van der Waals surface area contributed by atoms with Crippen LogP contribution >= 0.6 is 0 Å². The molecular weight excluding hydrogens is 270 g/mol. The van der Waals surface area contributed by atoms with Crippen molar-refractivity contribution in [2.24, 2.45) is 4.99 Å². The number of hydrogen-bond acceptors (Lipinski definition) is 3. The lowest BCUT2D eigenvalue weighted by atomic mass is 9.96. The molecule has 2 fully saturated rings. The van der Waals surface area contributed by atoms with Crippen molar-refractivity contribution in [1.82, 2.24) is 10.2 Å². The van der Waals surface area contributed by atoms with Gasteiger partial charge in [0.25, 0.3) is 0 Å². The van der Waals surface area contributed by atoms with Crippen LogP contribution in [0.2, 0.25) is 0 Å². The molecule has 3 heterocycles. The van der Waals surface area contributed by atoms with Crippen molar-refractivity contribution in [3.8, 4) is 0 Å². The fourth-order valence-electron chi connectivity index (χ4n) is 4.56. The Morgan fingerprint density at radius 2 is 2.05 bits per heavy atom. The second-order valence-electron chi connectivity index (χ2n) is 7.44.